The van der Waals surface area contributed by atoms with Crippen molar-refractivity contribution >= 4 is 12.2 Å². The molecule has 0 atom stereocenters. The van der Waals surface area contributed by atoms with Crippen molar-refractivity contribution < 1.29 is 0 Å². The van der Waals surface area contributed by atoms with Crippen LogP contribution < -0.4 is 0 Å². The average Bonchev–Trinajstić information content (AvgIpc) is 2.37. The monoisotopic (exact) mass is 272 g/mol. The molecule has 0 unspecified atom stereocenters. The van der Waals surface area contributed by atoms with E-state index in [4.69, 9.17) is 12.2 Å². The molecule has 1 aromatic carbocycles. The third-order valence-corrected chi connectivity index (χ3v) is 3.91. The van der Waals surface area contributed by atoms with E-state index in [1.54, 1.807) is 6.33 Å². The number of aryl methyl sites for hydroxylation is 3. The predicted molar refractivity (Wildman–Crippen MR) is 83.1 cm³/mol. The second-order valence-corrected chi connectivity index (χ2v) is 5.45. The number of rotatable bonds is 3. The molecule has 1 heterocycles. The molecule has 19 heavy (non-hydrogen) atoms. The fraction of sp³-hybridized carbons (Fsp3) is 0.375. The first kappa shape index (κ1) is 13.9. The normalized spacial score (nSPS) is 10.7. The first-order valence-electron chi connectivity index (χ1n) is 6.69. The van der Waals surface area contributed by atoms with Gasteiger partial charge in [0.25, 0.3) is 0 Å². The standard InChI is InChI=1S/C16H20N2S/c1-5-6-13-15(17-9-18-16(13)19)14-8-11(3)10(2)7-12(14)4/h7-9H,5-6H2,1-4H3,(H,17,18,19). The Hall–Kier alpha value is -1.48. The summed E-state index contributed by atoms with van der Waals surface area (Å²) in [6.07, 6.45) is 3.73. The Labute approximate surface area is 119 Å². The van der Waals surface area contributed by atoms with Crippen molar-refractivity contribution in [3.05, 3.63) is 45.4 Å². The highest BCUT2D eigenvalue weighted by molar-refractivity contribution is 7.71. The van der Waals surface area contributed by atoms with Gasteiger partial charge in [0.15, 0.2) is 0 Å². The highest BCUT2D eigenvalue weighted by Crippen LogP contribution is 2.28. The molecule has 100 valence electrons. The summed E-state index contributed by atoms with van der Waals surface area (Å²) >= 11 is 5.38. The van der Waals surface area contributed by atoms with Gasteiger partial charge in [0, 0.05) is 11.1 Å². The van der Waals surface area contributed by atoms with Crippen molar-refractivity contribution in [3.63, 3.8) is 0 Å². The van der Waals surface area contributed by atoms with E-state index in [1.807, 2.05) is 0 Å². The summed E-state index contributed by atoms with van der Waals surface area (Å²) in [5.41, 5.74) is 7.43. The van der Waals surface area contributed by atoms with E-state index >= 15 is 0 Å². The van der Waals surface area contributed by atoms with Gasteiger partial charge >= 0.3 is 0 Å². The molecule has 0 aliphatic rings. The molecule has 2 aromatic rings. The van der Waals surface area contributed by atoms with Crippen molar-refractivity contribution in [2.75, 3.05) is 0 Å². The Balaban J connectivity index is 2.68. The topological polar surface area (TPSA) is 28.7 Å². The number of nitrogens with zero attached hydrogens (tertiary/aromatic N) is 1. The zero-order chi connectivity index (χ0) is 14.0. The third kappa shape index (κ3) is 2.76. The molecule has 3 heteroatoms. The van der Waals surface area contributed by atoms with Gasteiger partial charge in [0.2, 0.25) is 0 Å². The molecule has 0 aliphatic carbocycles. The van der Waals surface area contributed by atoms with Crippen molar-refractivity contribution in [2.24, 2.45) is 0 Å². The van der Waals surface area contributed by atoms with Gasteiger partial charge in [-0.25, -0.2) is 4.98 Å². The molecule has 0 aliphatic heterocycles. The minimum atomic E-state index is 0.716. The summed E-state index contributed by atoms with van der Waals surface area (Å²) in [5.74, 6) is 0. The molecule has 0 spiro atoms. The SMILES string of the molecule is CCCc1c(-c2cc(C)c(C)cc2C)[nH]cnc1=S. The number of aromatic amines is 1. The van der Waals surface area contributed by atoms with Crippen molar-refractivity contribution in [2.45, 2.75) is 40.5 Å². The molecule has 2 nitrogen and oxygen atoms in total. The highest BCUT2D eigenvalue weighted by atomic mass is 32.1. The third-order valence-electron chi connectivity index (χ3n) is 3.56. The molecule has 0 fully saturated rings. The van der Waals surface area contributed by atoms with E-state index in [0.29, 0.717) is 4.64 Å². The van der Waals surface area contributed by atoms with Gasteiger partial charge < -0.3 is 4.98 Å². The quantitative estimate of drug-likeness (QED) is 0.822. The predicted octanol–water partition coefficient (Wildman–Crippen LogP) is 4.68. The van der Waals surface area contributed by atoms with Crippen LogP contribution in [0.2, 0.25) is 0 Å². The molecule has 0 radical (unpaired) electrons. The van der Waals surface area contributed by atoms with E-state index in [2.05, 4.69) is 49.8 Å². The Kier molecular flexibility index (Phi) is 4.15. The lowest BCUT2D eigenvalue weighted by Crippen LogP contribution is -1.99. The van der Waals surface area contributed by atoms with Crippen LogP contribution in [0.3, 0.4) is 0 Å². The molecule has 0 bridgehead atoms. The molecule has 0 saturated heterocycles. The Morgan fingerprint density at radius 2 is 1.79 bits per heavy atom. The Morgan fingerprint density at radius 1 is 1.11 bits per heavy atom. The lowest BCUT2D eigenvalue weighted by Gasteiger charge is -2.13. The summed E-state index contributed by atoms with van der Waals surface area (Å²) < 4.78 is 0.716. The summed E-state index contributed by atoms with van der Waals surface area (Å²) in [6, 6.07) is 4.47. The van der Waals surface area contributed by atoms with Crippen molar-refractivity contribution in [1.82, 2.24) is 9.97 Å². The number of hydrogen-bond donors (Lipinski definition) is 1. The summed E-state index contributed by atoms with van der Waals surface area (Å²) in [4.78, 5) is 7.50. The van der Waals surface area contributed by atoms with Crippen LogP contribution in [0.1, 0.15) is 35.6 Å². The van der Waals surface area contributed by atoms with Crippen LogP contribution in [0.15, 0.2) is 18.5 Å². The highest BCUT2D eigenvalue weighted by Gasteiger charge is 2.11. The maximum Gasteiger partial charge on any atom is 0.133 e. The zero-order valence-electron chi connectivity index (χ0n) is 12.0. The average molecular weight is 272 g/mol. The van der Waals surface area contributed by atoms with E-state index < -0.39 is 0 Å². The molecule has 1 aromatic heterocycles. The maximum absolute atomic E-state index is 5.38. The Morgan fingerprint density at radius 3 is 2.47 bits per heavy atom. The van der Waals surface area contributed by atoms with E-state index in [1.165, 1.54) is 22.3 Å². The summed E-state index contributed by atoms with van der Waals surface area (Å²) in [6.45, 7) is 8.61. The second kappa shape index (κ2) is 5.66. The van der Waals surface area contributed by atoms with Gasteiger partial charge in [-0.1, -0.05) is 31.6 Å². The fourth-order valence-corrected chi connectivity index (χ4v) is 2.64. The van der Waals surface area contributed by atoms with Crippen molar-refractivity contribution in [1.29, 1.82) is 0 Å². The number of aromatic nitrogens is 2. The fourth-order valence-electron chi connectivity index (χ4n) is 2.38. The first-order valence-corrected chi connectivity index (χ1v) is 7.10. The van der Waals surface area contributed by atoms with Crippen LogP contribution in [-0.4, -0.2) is 9.97 Å². The molecular weight excluding hydrogens is 252 g/mol. The first-order chi connectivity index (χ1) is 9.04. The van der Waals surface area contributed by atoms with Crippen LogP contribution >= 0.6 is 12.2 Å². The smallest absolute Gasteiger partial charge is 0.133 e. The molecule has 1 N–H and O–H groups in total. The molecule has 2 rings (SSSR count). The second-order valence-electron chi connectivity index (χ2n) is 5.06. The molecule has 0 amide bonds. The number of hydrogen-bond acceptors (Lipinski definition) is 2. The van der Waals surface area contributed by atoms with E-state index in [0.717, 1.165) is 24.1 Å². The lowest BCUT2D eigenvalue weighted by molar-refractivity contribution is 0.898. The van der Waals surface area contributed by atoms with Crippen LogP contribution in [-0.2, 0) is 6.42 Å². The van der Waals surface area contributed by atoms with Crippen LogP contribution in [0.5, 0.6) is 0 Å². The summed E-state index contributed by atoms with van der Waals surface area (Å²) in [5, 5.41) is 0. The number of nitrogens with one attached hydrogen (secondary N) is 1. The van der Waals surface area contributed by atoms with Crippen LogP contribution in [0.4, 0.5) is 0 Å². The zero-order valence-corrected chi connectivity index (χ0v) is 12.8. The van der Waals surface area contributed by atoms with Crippen LogP contribution in [0, 0.1) is 25.4 Å². The van der Waals surface area contributed by atoms with Crippen molar-refractivity contribution in [3.8, 4) is 11.3 Å². The van der Waals surface area contributed by atoms with Gasteiger partial charge in [-0.05, 0) is 49.9 Å². The van der Waals surface area contributed by atoms with Gasteiger partial charge in [-0.3, -0.25) is 0 Å². The van der Waals surface area contributed by atoms with Gasteiger partial charge in [-0.15, -0.1) is 0 Å². The number of benzene rings is 1. The largest absolute Gasteiger partial charge is 0.346 e. The molecular formula is C16H20N2S. The summed E-state index contributed by atoms with van der Waals surface area (Å²) in [7, 11) is 0. The van der Waals surface area contributed by atoms with Gasteiger partial charge in [-0.2, -0.15) is 0 Å². The Bertz CT molecular complexity index is 656. The van der Waals surface area contributed by atoms with Gasteiger partial charge in [0.05, 0.1) is 12.0 Å². The molecule has 0 saturated carbocycles. The lowest BCUT2D eigenvalue weighted by atomic mass is 9.95. The minimum absolute atomic E-state index is 0.716. The minimum Gasteiger partial charge on any atom is -0.346 e. The van der Waals surface area contributed by atoms with E-state index in [9.17, 15) is 0 Å². The van der Waals surface area contributed by atoms with Crippen LogP contribution in [0.25, 0.3) is 11.3 Å². The number of H-pyrrole nitrogens is 1. The van der Waals surface area contributed by atoms with Gasteiger partial charge in [0.1, 0.15) is 4.64 Å². The maximum atomic E-state index is 5.38. The van der Waals surface area contributed by atoms with E-state index in [-0.39, 0.29) is 0 Å².